The van der Waals surface area contributed by atoms with E-state index >= 15 is 0 Å². The summed E-state index contributed by atoms with van der Waals surface area (Å²) in [6.45, 7) is 4.31. The van der Waals surface area contributed by atoms with Crippen LogP contribution in [-0.2, 0) is 6.54 Å². The quantitative estimate of drug-likeness (QED) is 0.557. The van der Waals surface area contributed by atoms with Crippen LogP contribution in [0.1, 0.15) is 27.0 Å². The standard InChI is InChI=1S/C22H18N2O3S/c1-13-6-8-15(9-7-13)11-24-19(16-5-3-4-14(2)10-16)23-20-18(21(24)25)17(12-28-20)22(26)27/h3-10,12H,11H2,1-2H3,(H,26,27). The smallest absolute Gasteiger partial charge is 0.337 e. The molecule has 2 aromatic heterocycles. The average Bonchev–Trinajstić information content (AvgIpc) is 3.10. The van der Waals surface area contributed by atoms with Crippen LogP contribution < -0.4 is 5.56 Å². The largest absolute Gasteiger partial charge is 0.478 e. The van der Waals surface area contributed by atoms with Crippen molar-refractivity contribution in [1.29, 1.82) is 0 Å². The summed E-state index contributed by atoms with van der Waals surface area (Å²) < 4.78 is 1.57. The van der Waals surface area contributed by atoms with Crippen LogP contribution >= 0.6 is 11.3 Å². The number of hydrogen-bond acceptors (Lipinski definition) is 4. The van der Waals surface area contributed by atoms with Crippen molar-refractivity contribution < 1.29 is 9.90 Å². The van der Waals surface area contributed by atoms with Gasteiger partial charge >= 0.3 is 5.97 Å². The third kappa shape index (κ3) is 3.23. The summed E-state index contributed by atoms with van der Waals surface area (Å²) >= 11 is 1.18. The van der Waals surface area contributed by atoms with Crippen molar-refractivity contribution in [3.63, 3.8) is 0 Å². The Labute approximate surface area is 165 Å². The molecule has 28 heavy (non-hydrogen) atoms. The molecule has 0 aliphatic carbocycles. The second-order valence-corrected chi connectivity index (χ2v) is 7.67. The Morgan fingerprint density at radius 1 is 1.11 bits per heavy atom. The van der Waals surface area contributed by atoms with Gasteiger partial charge in [-0.05, 0) is 25.5 Å². The number of hydrogen-bond donors (Lipinski definition) is 1. The first-order valence-corrected chi connectivity index (χ1v) is 9.70. The molecule has 5 nitrogen and oxygen atoms in total. The highest BCUT2D eigenvalue weighted by Crippen LogP contribution is 2.26. The first-order chi connectivity index (χ1) is 13.4. The number of benzene rings is 2. The molecule has 1 N–H and O–H groups in total. The number of aryl methyl sites for hydroxylation is 2. The summed E-state index contributed by atoms with van der Waals surface area (Å²) in [7, 11) is 0. The van der Waals surface area contributed by atoms with Crippen LogP contribution in [0.3, 0.4) is 0 Å². The Bertz CT molecular complexity index is 1250. The van der Waals surface area contributed by atoms with Crippen LogP contribution in [-0.4, -0.2) is 20.6 Å². The molecule has 0 radical (unpaired) electrons. The van der Waals surface area contributed by atoms with Gasteiger partial charge in [-0.3, -0.25) is 9.36 Å². The maximum atomic E-state index is 13.3. The summed E-state index contributed by atoms with van der Waals surface area (Å²) in [5.41, 5.74) is 3.65. The highest BCUT2D eigenvalue weighted by atomic mass is 32.1. The zero-order valence-corrected chi connectivity index (χ0v) is 16.3. The Hall–Kier alpha value is -3.25. The van der Waals surface area contributed by atoms with Gasteiger partial charge in [0.2, 0.25) is 0 Å². The molecule has 0 amide bonds. The molecule has 6 heteroatoms. The molecule has 0 saturated carbocycles. The summed E-state index contributed by atoms with van der Waals surface area (Å²) in [6, 6.07) is 15.7. The molecule has 0 saturated heterocycles. The first-order valence-electron chi connectivity index (χ1n) is 8.82. The maximum Gasteiger partial charge on any atom is 0.337 e. The van der Waals surface area contributed by atoms with Gasteiger partial charge in [-0.1, -0.05) is 53.6 Å². The molecule has 4 aromatic rings. The van der Waals surface area contributed by atoms with E-state index in [-0.39, 0.29) is 16.5 Å². The van der Waals surface area contributed by atoms with Crippen molar-refractivity contribution in [2.24, 2.45) is 0 Å². The lowest BCUT2D eigenvalue weighted by Gasteiger charge is -2.14. The van der Waals surface area contributed by atoms with E-state index in [0.29, 0.717) is 17.2 Å². The van der Waals surface area contributed by atoms with E-state index in [0.717, 1.165) is 22.3 Å². The van der Waals surface area contributed by atoms with E-state index in [4.69, 9.17) is 0 Å². The van der Waals surface area contributed by atoms with E-state index < -0.39 is 5.97 Å². The summed E-state index contributed by atoms with van der Waals surface area (Å²) in [4.78, 5) is 30.0. The van der Waals surface area contributed by atoms with Crippen molar-refractivity contribution >= 4 is 27.5 Å². The third-order valence-corrected chi connectivity index (χ3v) is 5.53. The lowest BCUT2D eigenvalue weighted by molar-refractivity contribution is 0.0699. The topological polar surface area (TPSA) is 72.2 Å². The van der Waals surface area contributed by atoms with E-state index in [2.05, 4.69) is 4.98 Å². The van der Waals surface area contributed by atoms with Crippen molar-refractivity contribution in [2.45, 2.75) is 20.4 Å². The Morgan fingerprint density at radius 3 is 2.54 bits per heavy atom. The minimum absolute atomic E-state index is 0.00551. The number of carbonyl (C=O) groups is 1. The SMILES string of the molecule is Cc1ccc(Cn2c(-c3cccc(C)c3)nc3scc(C(=O)O)c3c2=O)cc1. The molecular formula is C22H18N2O3S. The molecule has 0 aliphatic rings. The van der Waals surface area contributed by atoms with Crippen LogP contribution in [0.5, 0.6) is 0 Å². The lowest BCUT2D eigenvalue weighted by atomic mass is 10.1. The van der Waals surface area contributed by atoms with Gasteiger partial charge in [-0.25, -0.2) is 9.78 Å². The maximum absolute atomic E-state index is 13.3. The number of nitrogens with zero attached hydrogens (tertiary/aromatic N) is 2. The third-order valence-electron chi connectivity index (χ3n) is 4.66. The van der Waals surface area contributed by atoms with E-state index in [1.165, 1.54) is 16.7 Å². The number of carboxylic acids is 1. The number of fused-ring (bicyclic) bond motifs is 1. The molecule has 0 spiro atoms. The van der Waals surface area contributed by atoms with Crippen LogP contribution in [0, 0.1) is 13.8 Å². The first kappa shape index (κ1) is 18.1. The zero-order chi connectivity index (χ0) is 19.8. The van der Waals surface area contributed by atoms with Crippen LogP contribution in [0.4, 0.5) is 0 Å². The molecule has 0 unspecified atom stereocenters. The number of rotatable bonds is 4. The van der Waals surface area contributed by atoms with Gasteiger partial charge in [0.25, 0.3) is 5.56 Å². The Balaban J connectivity index is 1.99. The number of thiophene rings is 1. The number of carboxylic acid groups (broad SMARTS) is 1. The molecule has 0 fully saturated rings. The second kappa shape index (κ2) is 7.05. The zero-order valence-electron chi connectivity index (χ0n) is 15.5. The van der Waals surface area contributed by atoms with E-state index in [1.54, 1.807) is 4.57 Å². The summed E-state index contributed by atoms with van der Waals surface area (Å²) in [5.74, 6) is -0.573. The van der Waals surface area contributed by atoms with Gasteiger partial charge in [0.15, 0.2) is 0 Å². The minimum atomic E-state index is -1.12. The highest BCUT2D eigenvalue weighted by molar-refractivity contribution is 7.17. The highest BCUT2D eigenvalue weighted by Gasteiger charge is 2.20. The van der Waals surface area contributed by atoms with Crippen molar-refractivity contribution in [2.75, 3.05) is 0 Å². The Morgan fingerprint density at radius 2 is 1.86 bits per heavy atom. The van der Waals surface area contributed by atoms with Crippen molar-refractivity contribution in [3.05, 3.63) is 86.5 Å². The number of aromatic nitrogens is 2. The van der Waals surface area contributed by atoms with Crippen LogP contribution in [0.15, 0.2) is 58.7 Å². The lowest BCUT2D eigenvalue weighted by Crippen LogP contribution is -2.24. The van der Waals surface area contributed by atoms with Gasteiger partial charge in [0.1, 0.15) is 10.7 Å². The summed E-state index contributed by atoms with van der Waals surface area (Å²) in [5, 5.41) is 11.1. The molecule has 140 valence electrons. The van der Waals surface area contributed by atoms with Gasteiger partial charge in [0.05, 0.1) is 17.5 Å². The fourth-order valence-corrected chi connectivity index (χ4v) is 4.11. The monoisotopic (exact) mass is 390 g/mol. The molecule has 4 rings (SSSR count). The minimum Gasteiger partial charge on any atom is -0.478 e. The van der Waals surface area contributed by atoms with Gasteiger partial charge in [-0.15, -0.1) is 11.3 Å². The second-order valence-electron chi connectivity index (χ2n) is 6.82. The predicted octanol–water partition coefficient (Wildman–Crippen LogP) is 4.49. The Kier molecular flexibility index (Phi) is 4.57. The normalized spacial score (nSPS) is 11.1. The average molecular weight is 390 g/mol. The molecule has 2 aromatic carbocycles. The molecule has 0 atom stereocenters. The molecule has 2 heterocycles. The predicted molar refractivity (Wildman–Crippen MR) is 111 cm³/mol. The van der Waals surface area contributed by atoms with Gasteiger partial charge < -0.3 is 5.11 Å². The van der Waals surface area contributed by atoms with Crippen LogP contribution in [0.25, 0.3) is 21.6 Å². The van der Waals surface area contributed by atoms with Crippen LogP contribution in [0.2, 0.25) is 0 Å². The number of aromatic carboxylic acids is 1. The fourth-order valence-electron chi connectivity index (χ4n) is 3.21. The van der Waals surface area contributed by atoms with Gasteiger partial charge in [0, 0.05) is 10.9 Å². The van der Waals surface area contributed by atoms with E-state index in [1.807, 2.05) is 62.4 Å². The summed E-state index contributed by atoms with van der Waals surface area (Å²) in [6.07, 6.45) is 0. The van der Waals surface area contributed by atoms with Crippen molar-refractivity contribution in [1.82, 2.24) is 9.55 Å². The fraction of sp³-hybridized carbons (Fsp3) is 0.136. The van der Waals surface area contributed by atoms with E-state index in [9.17, 15) is 14.7 Å². The van der Waals surface area contributed by atoms with Gasteiger partial charge in [-0.2, -0.15) is 0 Å². The van der Waals surface area contributed by atoms with Crippen molar-refractivity contribution in [3.8, 4) is 11.4 Å². The molecule has 0 aliphatic heterocycles. The molecular weight excluding hydrogens is 372 g/mol. The molecule has 0 bridgehead atoms.